The van der Waals surface area contributed by atoms with E-state index >= 15 is 0 Å². The number of aromatic nitrogens is 2. The first-order valence-corrected chi connectivity index (χ1v) is 8.89. The fourth-order valence-corrected chi connectivity index (χ4v) is 3.45. The predicted octanol–water partition coefficient (Wildman–Crippen LogP) is 2.41. The van der Waals surface area contributed by atoms with Crippen molar-refractivity contribution in [3.05, 3.63) is 66.0 Å². The van der Waals surface area contributed by atoms with Gasteiger partial charge in [0, 0.05) is 32.7 Å². The number of imidazole rings is 1. The maximum atomic E-state index is 10.4. The first-order chi connectivity index (χ1) is 12.3. The number of aliphatic hydroxyl groups is 1. The number of nitrogens with one attached hydrogen (secondary N) is 1. The monoisotopic (exact) mass is 336 g/mol. The number of nitrogens with zero attached hydrogens (tertiary/aromatic N) is 3. The second-order valence-electron chi connectivity index (χ2n) is 6.70. The Hall–Kier alpha value is -2.21. The van der Waals surface area contributed by atoms with Crippen LogP contribution in [0.2, 0.25) is 0 Å². The minimum atomic E-state index is -0.414. The van der Waals surface area contributed by atoms with E-state index in [-0.39, 0.29) is 0 Å². The fourth-order valence-electron chi connectivity index (χ4n) is 3.45. The van der Waals surface area contributed by atoms with E-state index in [9.17, 15) is 5.11 Å². The third-order valence-electron chi connectivity index (χ3n) is 4.89. The molecule has 2 N–H and O–H groups in total. The molecule has 5 heteroatoms. The van der Waals surface area contributed by atoms with Crippen molar-refractivity contribution >= 4 is 11.0 Å². The van der Waals surface area contributed by atoms with Gasteiger partial charge >= 0.3 is 0 Å². The summed E-state index contributed by atoms with van der Waals surface area (Å²) in [5, 5.41) is 10.4. The van der Waals surface area contributed by atoms with Crippen LogP contribution in [0.15, 0.2) is 54.6 Å². The van der Waals surface area contributed by atoms with E-state index in [0.29, 0.717) is 6.54 Å². The van der Waals surface area contributed by atoms with E-state index in [1.807, 2.05) is 48.5 Å². The number of benzene rings is 2. The Labute approximate surface area is 147 Å². The molecule has 1 aromatic heterocycles. The molecule has 0 amide bonds. The molecule has 1 atom stereocenters. The van der Waals surface area contributed by atoms with E-state index in [0.717, 1.165) is 55.1 Å². The normalized spacial score (nSPS) is 17.8. The van der Waals surface area contributed by atoms with Gasteiger partial charge in [0.05, 0.1) is 23.7 Å². The summed E-state index contributed by atoms with van der Waals surface area (Å²) in [7, 11) is 0. The van der Waals surface area contributed by atoms with Gasteiger partial charge in [-0.05, 0) is 17.7 Å². The van der Waals surface area contributed by atoms with Gasteiger partial charge in [-0.2, -0.15) is 0 Å². The molecule has 0 saturated carbocycles. The molecular weight excluding hydrogens is 312 g/mol. The molecule has 5 nitrogen and oxygen atoms in total. The summed E-state index contributed by atoms with van der Waals surface area (Å²) in [6.07, 6.45) is -0.414. The number of fused-ring (bicyclic) bond motifs is 1. The van der Waals surface area contributed by atoms with E-state index < -0.39 is 6.10 Å². The van der Waals surface area contributed by atoms with Crippen LogP contribution >= 0.6 is 0 Å². The van der Waals surface area contributed by atoms with Crippen LogP contribution in [0.25, 0.3) is 11.0 Å². The molecule has 0 spiro atoms. The van der Waals surface area contributed by atoms with Crippen molar-refractivity contribution < 1.29 is 5.11 Å². The van der Waals surface area contributed by atoms with Gasteiger partial charge in [0.25, 0.3) is 0 Å². The van der Waals surface area contributed by atoms with Crippen LogP contribution < -0.4 is 0 Å². The van der Waals surface area contributed by atoms with Gasteiger partial charge in [0.15, 0.2) is 0 Å². The number of hydrogen-bond donors (Lipinski definition) is 2. The van der Waals surface area contributed by atoms with Crippen LogP contribution in [0.4, 0.5) is 0 Å². The van der Waals surface area contributed by atoms with Crippen LogP contribution in [0.5, 0.6) is 0 Å². The van der Waals surface area contributed by atoms with Gasteiger partial charge in [0.2, 0.25) is 0 Å². The molecule has 4 rings (SSSR count). The molecule has 0 bridgehead atoms. The Bertz CT molecular complexity index is 776. The molecule has 2 aromatic carbocycles. The molecule has 0 radical (unpaired) electrons. The molecule has 1 aliphatic rings. The van der Waals surface area contributed by atoms with Gasteiger partial charge in [-0.15, -0.1) is 0 Å². The van der Waals surface area contributed by atoms with Gasteiger partial charge in [0.1, 0.15) is 5.82 Å². The second-order valence-corrected chi connectivity index (χ2v) is 6.70. The summed E-state index contributed by atoms with van der Waals surface area (Å²) < 4.78 is 0. The molecule has 25 heavy (non-hydrogen) atoms. The van der Waals surface area contributed by atoms with E-state index in [4.69, 9.17) is 0 Å². The van der Waals surface area contributed by atoms with Crippen molar-refractivity contribution in [3.63, 3.8) is 0 Å². The zero-order valence-electron chi connectivity index (χ0n) is 14.3. The van der Waals surface area contributed by atoms with Crippen LogP contribution in [-0.4, -0.2) is 57.6 Å². The van der Waals surface area contributed by atoms with Crippen LogP contribution in [0.3, 0.4) is 0 Å². The Kier molecular flexibility index (Phi) is 4.78. The first-order valence-electron chi connectivity index (χ1n) is 8.89. The smallest absolute Gasteiger partial charge is 0.121 e. The summed E-state index contributed by atoms with van der Waals surface area (Å²) in [5.74, 6) is 1.03. The molecule has 3 aromatic rings. The summed E-state index contributed by atoms with van der Waals surface area (Å²) in [6, 6.07) is 18.1. The van der Waals surface area contributed by atoms with E-state index in [1.54, 1.807) is 0 Å². The topological polar surface area (TPSA) is 55.4 Å². The van der Waals surface area contributed by atoms with Crippen LogP contribution in [-0.2, 0) is 6.54 Å². The zero-order chi connectivity index (χ0) is 17.1. The van der Waals surface area contributed by atoms with Crippen molar-refractivity contribution in [2.45, 2.75) is 12.6 Å². The van der Waals surface area contributed by atoms with Crippen molar-refractivity contribution in [2.24, 2.45) is 0 Å². The Morgan fingerprint density at radius 1 is 0.920 bits per heavy atom. The second kappa shape index (κ2) is 7.35. The van der Waals surface area contributed by atoms with E-state index in [1.165, 1.54) is 0 Å². The summed E-state index contributed by atoms with van der Waals surface area (Å²) in [6.45, 7) is 5.50. The minimum Gasteiger partial charge on any atom is -0.387 e. The molecule has 1 saturated heterocycles. The van der Waals surface area contributed by atoms with Crippen LogP contribution in [0.1, 0.15) is 17.5 Å². The highest BCUT2D eigenvalue weighted by Gasteiger charge is 2.20. The summed E-state index contributed by atoms with van der Waals surface area (Å²) in [5.41, 5.74) is 3.12. The maximum Gasteiger partial charge on any atom is 0.121 e. The molecule has 2 heterocycles. The predicted molar refractivity (Wildman–Crippen MR) is 99.2 cm³/mol. The van der Waals surface area contributed by atoms with Crippen molar-refractivity contribution in [1.82, 2.24) is 19.8 Å². The lowest BCUT2D eigenvalue weighted by atomic mass is 10.1. The Balaban J connectivity index is 1.29. The third-order valence-corrected chi connectivity index (χ3v) is 4.89. The van der Waals surface area contributed by atoms with E-state index in [2.05, 4.69) is 25.8 Å². The van der Waals surface area contributed by atoms with Crippen molar-refractivity contribution in [3.8, 4) is 0 Å². The van der Waals surface area contributed by atoms with Gasteiger partial charge in [-0.3, -0.25) is 9.80 Å². The highest BCUT2D eigenvalue weighted by Crippen LogP contribution is 2.16. The SMILES string of the molecule is O[C@H](CN1CCN(Cc2nc3ccccc3[nH]2)CC1)c1ccccc1. The minimum absolute atomic E-state index is 0.414. The number of rotatable bonds is 5. The summed E-state index contributed by atoms with van der Waals surface area (Å²) in [4.78, 5) is 12.8. The molecule has 130 valence electrons. The van der Waals surface area contributed by atoms with Crippen LogP contribution in [0, 0.1) is 0 Å². The average molecular weight is 336 g/mol. The summed E-state index contributed by atoms with van der Waals surface area (Å²) >= 11 is 0. The molecule has 1 aliphatic heterocycles. The van der Waals surface area contributed by atoms with Crippen molar-refractivity contribution in [1.29, 1.82) is 0 Å². The van der Waals surface area contributed by atoms with Gasteiger partial charge in [-0.1, -0.05) is 42.5 Å². The Morgan fingerprint density at radius 2 is 1.60 bits per heavy atom. The average Bonchev–Trinajstić information content (AvgIpc) is 3.06. The number of piperazine rings is 1. The molecule has 0 unspecified atom stereocenters. The molecule has 1 fully saturated rings. The number of aromatic amines is 1. The number of aliphatic hydroxyl groups excluding tert-OH is 1. The highest BCUT2D eigenvalue weighted by molar-refractivity contribution is 5.74. The largest absolute Gasteiger partial charge is 0.387 e. The standard InChI is InChI=1S/C20H24N4O/c25-19(16-6-2-1-3-7-16)14-23-10-12-24(13-11-23)15-20-21-17-8-4-5-9-18(17)22-20/h1-9,19,25H,10-15H2,(H,21,22)/t19-/m1/s1. The number of β-amino-alcohol motifs (C(OH)–C–C–N with tert-alkyl or cyclic N) is 1. The molecular formula is C20H24N4O. The lowest BCUT2D eigenvalue weighted by Crippen LogP contribution is -2.47. The quantitative estimate of drug-likeness (QED) is 0.751. The number of H-pyrrole nitrogens is 1. The van der Waals surface area contributed by atoms with Gasteiger partial charge < -0.3 is 10.1 Å². The highest BCUT2D eigenvalue weighted by atomic mass is 16.3. The zero-order valence-corrected chi connectivity index (χ0v) is 14.3. The third kappa shape index (κ3) is 3.90. The number of para-hydroxylation sites is 2. The first kappa shape index (κ1) is 16.3. The fraction of sp³-hybridized carbons (Fsp3) is 0.350. The lowest BCUT2D eigenvalue weighted by molar-refractivity contribution is 0.0693. The molecule has 0 aliphatic carbocycles. The Morgan fingerprint density at radius 3 is 2.36 bits per heavy atom. The van der Waals surface area contributed by atoms with Crippen molar-refractivity contribution in [2.75, 3.05) is 32.7 Å². The van der Waals surface area contributed by atoms with Gasteiger partial charge in [-0.25, -0.2) is 4.98 Å². The number of hydrogen-bond acceptors (Lipinski definition) is 4. The lowest BCUT2D eigenvalue weighted by Gasteiger charge is -2.35. The maximum absolute atomic E-state index is 10.4.